The fourth-order valence-corrected chi connectivity index (χ4v) is 6.52. The molecule has 5 atom stereocenters. The molecule has 1 aliphatic heterocycles. The van der Waals surface area contributed by atoms with Crippen molar-refractivity contribution in [1.82, 2.24) is 15.0 Å². The van der Waals surface area contributed by atoms with Crippen molar-refractivity contribution in [3.8, 4) is 5.69 Å². The van der Waals surface area contributed by atoms with E-state index in [0.717, 1.165) is 22.3 Å². The summed E-state index contributed by atoms with van der Waals surface area (Å²) < 4.78 is 46.0. The van der Waals surface area contributed by atoms with Crippen LogP contribution in [0.4, 0.5) is 0 Å². The van der Waals surface area contributed by atoms with Crippen molar-refractivity contribution < 1.29 is 42.7 Å². The average Bonchev–Trinajstić information content (AvgIpc) is 3.77. The van der Waals surface area contributed by atoms with Crippen LogP contribution in [0.3, 0.4) is 0 Å². The lowest BCUT2D eigenvalue weighted by Gasteiger charge is -2.45. The topological polar surface area (TPSA) is 129 Å². The third-order valence-electron chi connectivity index (χ3n) is 9.54. The molecule has 2 heterocycles. The molecule has 6 aromatic rings. The number of esters is 1. The molecule has 0 aliphatic carbocycles. The van der Waals surface area contributed by atoms with Gasteiger partial charge in [0.2, 0.25) is 0 Å². The summed E-state index contributed by atoms with van der Waals surface area (Å²) in [6, 6.07) is 46.1. The van der Waals surface area contributed by atoms with Crippen LogP contribution in [-0.2, 0) is 71.0 Å². The van der Waals surface area contributed by atoms with Gasteiger partial charge in [0.25, 0.3) is 5.78 Å². The van der Waals surface area contributed by atoms with Crippen molar-refractivity contribution in [2.45, 2.75) is 63.7 Å². The van der Waals surface area contributed by atoms with Gasteiger partial charge in [-0.05, 0) is 46.5 Å². The zero-order valence-electron chi connectivity index (χ0n) is 32.1. The van der Waals surface area contributed by atoms with Crippen LogP contribution in [0, 0.1) is 0 Å². The number of ketones is 1. The minimum Gasteiger partial charge on any atom is -0.463 e. The Kier molecular flexibility index (Phi) is 14.3. The largest absolute Gasteiger partial charge is 0.463 e. The quantitative estimate of drug-likeness (QED) is 0.0487. The normalized spacial score (nSPS) is 19.1. The van der Waals surface area contributed by atoms with Gasteiger partial charge in [0.15, 0.2) is 6.29 Å². The van der Waals surface area contributed by atoms with Gasteiger partial charge >= 0.3 is 5.97 Å². The lowest BCUT2D eigenvalue weighted by molar-refractivity contribution is -0.331. The molecule has 0 amide bonds. The molecule has 1 saturated heterocycles. The molecule has 0 spiro atoms. The summed E-state index contributed by atoms with van der Waals surface area (Å²) in [4.78, 5) is 24.0. The summed E-state index contributed by atoms with van der Waals surface area (Å²) >= 11 is 0. The number of Topliss-reactive ketones (excluding diaryl/α,β-unsaturated/α-hetero) is 1. The molecule has 5 aromatic carbocycles. The van der Waals surface area contributed by atoms with Crippen LogP contribution >= 0.6 is 0 Å². The van der Waals surface area contributed by atoms with Crippen LogP contribution in [0.1, 0.15) is 38.3 Å². The molecule has 1 fully saturated rings. The Labute approximate surface area is 337 Å². The van der Waals surface area contributed by atoms with Gasteiger partial charge in [0.05, 0.1) is 58.6 Å². The number of rotatable bonds is 19. The lowest BCUT2D eigenvalue weighted by Crippen LogP contribution is -2.61. The van der Waals surface area contributed by atoms with Gasteiger partial charge < -0.3 is 33.2 Å². The lowest BCUT2D eigenvalue weighted by atomic mass is 9.97. The third kappa shape index (κ3) is 11.0. The predicted molar refractivity (Wildman–Crippen MR) is 212 cm³/mol. The number of nitrogens with zero attached hydrogens (tertiary/aromatic N) is 3. The van der Waals surface area contributed by atoms with E-state index in [9.17, 15) is 9.59 Å². The van der Waals surface area contributed by atoms with E-state index < -0.39 is 42.5 Å². The SMILES string of the molecule is COC(=O)C(=O)c1ccc(-n2cc(CO[C@H]3O[C@H](COCc4ccccc4)[C@@H](OCc4ccccc4)[C@H](OCc4ccccc4)[C@H]3OCc3ccccc3)nn2)cc1. The van der Waals surface area contributed by atoms with Gasteiger partial charge in [0, 0.05) is 5.56 Å². The molecule has 0 radical (unpaired) electrons. The first-order chi connectivity index (χ1) is 28.5. The maximum Gasteiger partial charge on any atom is 0.379 e. The van der Waals surface area contributed by atoms with E-state index in [-0.39, 0.29) is 25.4 Å². The predicted octanol–water partition coefficient (Wildman–Crippen LogP) is 6.84. The Balaban J connectivity index is 1.15. The third-order valence-corrected chi connectivity index (χ3v) is 9.54. The van der Waals surface area contributed by atoms with Gasteiger partial charge in [-0.2, -0.15) is 0 Å². The Morgan fingerprint density at radius 3 is 1.62 bits per heavy atom. The van der Waals surface area contributed by atoms with Crippen LogP contribution in [0.15, 0.2) is 152 Å². The summed E-state index contributed by atoms with van der Waals surface area (Å²) in [6.45, 7) is 1.47. The Bertz CT molecular complexity index is 2150. The highest BCUT2D eigenvalue weighted by Gasteiger charge is 2.49. The summed E-state index contributed by atoms with van der Waals surface area (Å²) in [7, 11) is 1.17. The second kappa shape index (κ2) is 20.5. The highest BCUT2D eigenvalue weighted by atomic mass is 16.7. The van der Waals surface area contributed by atoms with Crippen molar-refractivity contribution in [2.75, 3.05) is 13.7 Å². The standard InChI is InChI=1S/C46H45N3O9/c1-52-45(51)41(50)37-22-24-39(25-23-37)49-26-38(47-48-49)31-57-46-44(56-30-36-20-12-5-13-21-36)43(55-29-35-18-10-4-11-19-35)42(54-28-34-16-8-3-9-17-34)40(58-46)32-53-27-33-14-6-2-7-15-33/h2-26,40,42-44,46H,27-32H2,1H3/t40-,42-,43+,44-,46+/m1/s1. The van der Waals surface area contributed by atoms with Crippen LogP contribution in [-0.4, -0.2) is 71.2 Å². The second-order valence-electron chi connectivity index (χ2n) is 13.7. The molecule has 0 saturated carbocycles. The molecule has 1 aromatic heterocycles. The first kappa shape index (κ1) is 40.3. The van der Waals surface area contributed by atoms with E-state index in [4.69, 9.17) is 28.4 Å². The molecular formula is C46H45N3O9. The Morgan fingerprint density at radius 2 is 1.09 bits per heavy atom. The number of benzene rings is 5. The van der Waals surface area contributed by atoms with Gasteiger partial charge in [-0.15, -0.1) is 5.10 Å². The van der Waals surface area contributed by atoms with Gasteiger partial charge in [-0.1, -0.05) is 127 Å². The van der Waals surface area contributed by atoms with E-state index in [1.807, 2.05) is 121 Å². The molecule has 298 valence electrons. The molecule has 0 unspecified atom stereocenters. The molecule has 12 nitrogen and oxygen atoms in total. The number of aromatic nitrogens is 3. The fraction of sp³-hybridized carbons (Fsp3) is 0.261. The number of hydrogen-bond acceptors (Lipinski definition) is 11. The number of hydrogen-bond donors (Lipinski definition) is 0. The first-order valence-corrected chi connectivity index (χ1v) is 19.0. The first-order valence-electron chi connectivity index (χ1n) is 19.0. The molecule has 7 rings (SSSR count). The van der Waals surface area contributed by atoms with Gasteiger partial charge in [-0.25, -0.2) is 9.48 Å². The smallest absolute Gasteiger partial charge is 0.379 e. The fourth-order valence-electron chi connectivity index (χ4n) is 6.52. The van der Waals surface area contributed by atoms with Crippen molar-refractivity contribution in [1.29, 1.82) is 0 Å². The average molecular weight is 784 g/mol. The molecule has 1 aliphatic rings. The van der Waals surface area contributed by atoms with Crippen molar-refractivity contribution in [2.24, 2.45) is 0 Å². The van der Waals surface area contributed by atoms with Crippen LogP contribution < -0.4 is 0 Å². The number of methoxy groups -OCH3 is 1. The zero-order chi connectivity index (χ0) is 39.9. The summed E-state index contributed by atoms with van der Waals surface area (Å²) in [5.41, 5.74) is 5.34. The maximum atomic E-state index is 12.2. The van der Waals surface area contributed by atoms with Crippen molar-refractivity contribution in [3.63, 3.8) is 0 Å². The number of carbonyl (C=O) groups excluding carboxylic acids is 2. The highest BCUT2D eigenvalue weighted by molar-refractivity contribution is 6.40. The Hall–Kier alpha value is -5.86. The van der Waals surface area contributed by atoms with Crippen LogP contribution in [0.25, 0.3) is 5.69 Å². The van der Waals surface area contributed by atoms with Gasteiger partial charge in [0.1, 0.15) is 30.1 Å². The summed E-state index contributed by atoms with van der Waals surface area (Å²) in [5.74, 6) is -1.67. The molecule has 58 heavy (non-hydrogen) atoms. The summed E-state index contributed by atoms with van der Waals surface area (Å²) in [5, 5.41) is 8.61. The number of carbonyl (C=O) groups is 2. The van der Waals surface area contributed by atoms with E-state index in [1.54, 1.807) is 23.0 Å². The van der Waals surface area contributed by atoms with Gasteiger partial charge in [-0.3, -0.25) is 4.79 Å². The minimum absolute atomic E-state index is 0.0211. The van der Waals surface area contributed by atoms with Crippen molar-refractivity contribution in [3.05, 3.63) is 185 Å². The zero-order valence-corrected chi connectivity index (χ0v) is 32.1. The Morgan fingerprint density at radius 1 is 0.586 bits per heavy atom. The maximum absolute atomic E-state index is 12.2. The van der Waals surface area contributed by atoms with Crippen LogP contribution in [0.5, 0.6) is 0 Å². The molecule has 0 N–H and O–H groups in total. The monoisotopic (exact) mass is 783 g/mol. The van der Waals surface area contributed by atoms with E-state index in [0.29, 0.717) is 31.2 Å². The van der Waals surface area contributed by atoms with E-state index in [2.05, 4.69) is 15.0 Å². The molecule has 0 bridgehead atoms. The molecule has 12 heteroatoms. The summed E-state index contributed by atoms with van der Waals surface area (Å²) in [6.07, 6.45) is -1.84. The second-order valence-corrected chi connectivity index (χ2v) is 13.7. The minimum atomic E-state index is -0.935. The number of ether oxygens (including phenoxy) is 7. The highest BCUT2D eigenvalue weighted by Crippen LogP contribution is 2.32. The molecular weight excluding hydrogens is 739 g/mol. The van der Waals surface area contributed by atoms with Crippen molar-refractivity contribution >= 4 is 11.8 Å². The van der Waals surface area contributed by atoms with E-state index in [1.165, 1.54) is 19.2 Å². The van der Waals surface area contributed by atoms with E-state index >= 15 is 0 Å². The van der Waals surface area contributed by atoms with Crippen LogP contribution in [0.2, 0.25) is 0 Å².